The van der Waals surface area contributed by atoms with Gasteiger partial charge in [-0.25, -0.2) is 0 Å². The standard InChI is InChI=1S/C9H18N2.C5H10O2/c1-2-9(11-5-1)8-3-6-10-7-4-8;1-5(2,3)7-4-6/h8-11H,1-7H2;4H,1-3H3. The Balaban J connectivity index is 0.000000203. The molecule has 2 aliphatic heterocycles. The van der Waals surface area contributed by atoms with E-state index in [9.17, 15) is 4.79 Å². The maximum atomic E-state index is 9.60. The SMILES string of the molecule is C1CNC(C2CCNCC2)C1.CC(C)(C)OC=O. The highest BCUT2D eigenvalue weighted by Gasteiger charge is 2.25. The summed E-state index contributed by atoms with van der Waals surface area (Å²) < 4.78 is 4.55. The highest BCUT2D eigenvalue weighted by molar-refractivity contribution is 5.37. The molecule has 4 nitrogen and oxygen atoms in total. The molecule has 106 valence electrons. The summed E-state index contributed by atoms with van der Waals surface area (Å²) >= 11 is 0. The Morgan fingerprint density at radius 3 is 2.17 bits per heavy atom. The smallest absolute Gasteiger partial charge is 0.293 e. The molecule has 0 aromatic rings. The van der Waals surface area contributed by atoms with Gasteiger partial charge in [-0.1, -0.05) is 0 Å². The van der Waals surface area contributed by atoms with Gasteiger partial charge in [-0.2, -0.15) is 0 Å². The zero-order valence-corrected chi connectivity index (χ0v) is 12.0. The fraction of sp³-hybridized carbons (Fsp3) is 0.929. The summed E-state index contributed by atoms with van der Waals surface area (Å²) in [6.45, 7) is 9.66. The van der Waals surface area contributed by atoms with Gasteiger partial charge in [-0.15, -0.1) is 0 Å². The summed E-state index contributed by atoms with van der Waals surface area (Å²) in [6.07, 6.45) is 5.59. The summed E-state index contributed by atoms with van der Waals surface area (Å²) in [5.41, 5.74) is -0.318. The van der Waals surface area contributed by atoms with Crippen LogP contribution in [0.5, 0.6) is 0 Å². The molecule has 0 bridgehead atoms. The van der Waals surface area contributed by atoms with Crippen molar-refractivity contribution in [2.75, 3.05) is 19.6 Å². The Morgan fingerprint density at radius 1 is 1.11 bits per heavy atom. The van der Waals surface area contributed by atoms with Crippen molar-refractivity contribution in [3.63, 3.8) is 0 Å². The zero-order chi connectivity index (χ0) is 13.4. The Bertz CT molecular complexity index is 226. The Labute approximate surface area is 111 Å². The third kappa shape index (κ3) is 6.36. The van der Waals surface area contributed by atoms with Crippen molar-refractivity contribution in [1.29, 1.82) is 0 Å². The molecule has 0 aromatic heterocycles. The highest BCUT2D eigenvalue weighted by Crippen LogP contribution is 2.22. The predicted molar refractivity (Wildman–Crippen MR) is 73.5 cm³/mol. The van der Waals surface area contributed by atoms with E-state index in [2.05, 4.69) is 15.4 Å². The van der Waals surface area contributed by atoms with Crippen molar-refractivity contribution in [3.05, 3.63) is 0 Å². The normalized spacial score (nSPS) is 25.2. The van der Waals surface area contributed by atoms with Crippen LogP contribution in [0.2, 0.25) is 0 Å². The number of piperidine rings is 1. The molecule has 2 fully saturated rings. The minimum absolute atomic E-state index is 0.318. The molecule has 0 amide bonds. The second kappa shape index (κ2) is 7.74. The van der Waals surface area contributed by atoms with Gasteiger partial charge in [-0.05, 0) is 72.0 Å². The van der Waals surface area contributed by atoms with Gasteiger partial charge in [0.05, 0.1) is 0 Å². The second-order valence-corrected chi connectivity index (χ2v) is 6.12. The van der Waals surface area contributed by atoms with Crippen molar-refractivity contribution in [2.45, 2.75) is 58.1 Å². The zero-order valence-electron chi connectivity index (χ0n) is 12.0. The molecule has 0 spiro atoms. The first-order chi connectivity index (χ1) is 8.53. The lowest BCUT2D eigenvalue weighted by atomic mass is 9.89. The van der Waals surface area contributed by atoms with Gasteiger partial charge < -0.3 is 15.4 Å². The Morgan fingerprint density at radius 2 is 1.78 bits per heavy atom. The van der Waals surface area contributed by atoms with Crippen LogP contribution in [0.15, 0.2) is 0 Å². The minimum Gasteiger partial charge on any atom is -0.462 e. The minimum atomic E-state index is -0.318. The predicted octanol–water partition coefficient (Wildman–Crippen LogP) is 1.70. The number of nitrogens with one attached hydrogen (secondary N) is 2. The van der Waals surface area contributed by atoms with E-state index in [4.69, 9.17) is 0 Å². The number of rotatable bonds is 2. The summed E-state index contributed by atoms with van der Waals surface area (Å²) in [4.78, 5) is 9.60. The fourth-order valence-corrected chi connectivity index (χ4v) is 2.50. The first-order valence-electron chi connectivity index (χ1n) is 7.08. The Hall–Kier alpha value is -0.610. The fourth-order valence-electron chi connectivity index (χ4n) is 2.50. The van der Waals surface area contributed by atoms with E-state index in [1.165, 1.54) is 45.3 Å². The maximum absolute atomic E-state index is 9.60. The van der Waals surface area contributed by atoms with Gasteiger partial charge in [-0.3, -0.25) is 4.79 Å². The molecule has 2 rings (SSSR count). The van der Waals surface area contributed by atoms with E-state index in [1.807, 2.05) is 20.8 Å². The van der Waals surface area contributed by atoms with Crippen molar-refractivity contribution in [1.82, 2.24) is 10.6 Å². The largest absolute Gasteiger partial charge is 0.462 e. The van der Waals surface area contributed by atoms with Gasteiger partial charge in [0.1, 0.15) is 5.60 Å². The van der Waals surface area contributed by atoms with Crippen LogP contribution in [0.1, 0.15) is 46.5 Å². The molecule has 4 heteroatoms. The average Bonchev–Trinajstić information content (AvgIpc) is 2.83. The highest BCUT2D eigenvalue weighted by atomic mass is 16.5. The molecule has 2 N–H and O–H groups in total. The topological polar surface area (TPSA) is 50.4 Å². The lowest BCUT2D eigenvalue weighted by Crippen LogP contribution is -2.38. The molecular formula is C14H28N2O2. The lowest BCUT2D eigenvalue weighted by molar-refractivity contribution is -0.138. The Kier molecular flexibility index (Phi) is 6.65. The molecule has 18 heavy (non-hydrogen) atoms. The average molecular weight is 256 g/mol. The van der Waals surface area contributed by atoms with Crippen molar-refractivity contribution in [3.8, 4) is 0 Å². The van der Waals surface area contributed by atoms with Gasteiger partial charge >= 0.3 is 0 Å². The van der Waals surface area contributed by atoms with Crippen LogP contribution in [0.25, 0.3) is 0 Å². The molecule has 2 aliphatic rings. The van der Waals surface area contributed by atoms with E-state index in [1.54, 1.807) is 0 Å². The van der Waals surface area contributed by atoms with Crippen LogP contribution in [-0.4, -0.2) is 37.7 Å². The quantitative estimate of drug-likeness (QED) is 0.738. The van der Waals surface area contributed by atoms with Gasteiger partial charge in [0.15, 0.2) is 0 Å². The van der Waals surface area contributed by atoms with Crippen LogP contribution < -0.4 is 10.6 Å². The van der Waals surface area contributed by atoms with Gasteiger partial charge in [0.2, 0.25) is 0 Å². The summed E-state index contributed by atoms with van der Waals surface area (Å²) in [7, 11) is 0. The van der Waals surface area contributed by atoms with E-state index in [0.29, 0.717) is 6.47 Å². The molecule has 1 unspecified atom stereocenters. The van der Waals surface area contributed by atoms with Gasteiger partial charge in [0, 0.05) is 6.04 Å². The van der Waals surface area contributed by atoms with Crippen LogP contribution in [0, 0.1) is 5.92 Å². The molecule has 0 saturated carbocycles. The first-order valence-corrected chi connectivity index (χ1v) is 7.08. The van der Waals surface area contributed by atoms with Crippen LogP contribution in [-0.2, 0) is 9.53 Å². The monoisotopic (exact) mass is 256 g/mol. The summed E-state index contributed by atoms with van der Waals surface area (Å²) in [6, 6.07) is 0.858. The number of ether oxygens (including phenoxy) is 1. The van der Waals surface area contributed by atoms with Crippen LogP contribution >= 0.6 is 0 Å². The summed E-state index contributed by atoms with van der Waals surface area (Å²) in [5.74, 6) is 0.971. The van der Waals surface area contributed by atoms with Crippen molar-refractivity contribution < 1.29 is 9.53 Å². The van der Waals surface area contributed by atoms with Crippen molar-refractivity contribution >= 4 is 6.47 Å². The molecule has 0 aromatic carbocycles. The molecule has 0 aliphatic carbocycles. The second-order valence-electron chi connectivity index (χ2n) is 6.12. The van der Waals surface area contributed by atoms with Crippen molar-refractivity contribution in [2.24, 2.45) is 5.92 Å². The lowest BCUT2D eigenvalue weighted by Gasteiger charge is -2.27. The van der Waals surface area contributed by atoms with Crippen LogP contribution in [0.4, 0.5) is 0 Å². The van der Waals surface area contributed by atoms with Gasteiger partial charge in [0.25, 0.3) is 6.47 Å². The number of hydrogen-bond acceptors (Lipinski definition) is 4. The molecule has 2 heterocycles. The third-order valence-electron chi connectivity index (χ3n) is 3.45. The molecular weight excluding hydrogens is 228 g/mol. The number of carbonyl (C=O) groups is 1. The van der Waals surface area contributed by atoms with E-state index in [0.717, 1.165) is 12.0 Å². The third-order valence-corrected chi connectivity index (χ3v) is 3.45. The van der Waals surface area contributed by atoms with Crippen LogP contribution in [0.3, 0.4) is 0 Å². The van der Waals surface area contributed by atoms with E-state index < -0.39 is 0 Å². The summed E-state index contributed by atoms with van der Waals surface area (Å²) in [5, 5.41) is 7.01. The number of hydrogen-bond donors (Lipinski definition) is 2. The van der Waals surface area contributed by atoms with E-state index in [-0.39, 0.29) is 5.60 Å². The maximum Gasteiger partial charge on any atom is 0.293 e. The number of carbonyl (C=O) groups excluding carboxylic acids is 1. The molecule has 0 radical (unpaired) electrons. The van der Waals surface area contributed by atoms with E-state index >= 15 is 0 Å². The first kappa shape index (κ1) is 15.4. The molecule has 1 atom stereocenters. The molecule has 2 saturated heterocycles.